The van der Waals surface area contributed by atoms with Crippen LogP contribution in [-0.4, -0.2) is 39.8 Å². The van der Waals surface area contributed by atoms with Crippen LogP contribution >= 0.6 is 0 Å². The minimum atomic E-state index is -1.34. The van der Waals surface area contributed by atoms with Gasteiger partial charge in [0.05, 0.1) is 0 Å². The van der Waals surface area contributed by atoms with Crippen LogP contribution in [0.3, 0.4) is 0 Å². The molecule has 0 spiro atoms. The van der Waals surface area contributed by atoms with Crippen LogP contribution in [0.15, 0.2) is 41.0 Å². The summed E-state index contributed by atoms with van der Waals surface area (Å²) in [6, 6.07) is 0. The molecule has 2 unspecified atom stereocenters. The number of pyridine rings is 1. The summed E-state index contributed by atoms with van der Waals surface area (Å²) < 4.78 is 12.7. The summed E-state index contributed by atoms with van der Waals surface area (Å²) in [5.74, 6) is -1.88. The van der Waals surface area contributed by atoms with E-state index >= 15 is 0 Å². The molecule has 4 rings (SSSR count). The Labute approximate surface area is 150 Å². The normalized spacial score (nSPS) is 26.5. The van der Waals surface area contributed by atoms with E-state index in [1.165, 1.54) is 12.4 Å². The van der Waals surface area contributed by atoms with E-state index in [1.807, 2.05) is 6.08 Å². The Balaban J connectivity index is 1.69. The van der Waals surface area contributed by atoms with Crippen molar-refractivity contribution in [3.8, 4) is 5.75 Å². The summed E-state index contributed by atoms with van der Waals surface area (Å²) in [5.41, 5.74) is -0.300. The first-order chi connectivity index (χ1) is 12.5. The molecule has 0 aromatic carbocycles. The first kappa shape index (κ1) is 17.1. The lowest BCUT2D eigenvalue weighted by Crippen LogP contribution is -2.31. The summed E-state index contributed by atoms with van der Waals surface area (Å²) in [4.78, 5) is 23.1. The lowest BCUT2D eigenvalue weighted by molar-refractivity contribution is 0.0502. The Kier molecular flexibility index (Phi) is 4.20. The maximum absolute atomic E-state index is 11.8. The highest BCUT2D eigenvalue weighted by Crippen LogP contribution is 2.47. The number of fused-ring (bicyclic) bond motifs is 1. The molecule has 1 saturated heterocycles. The molecule has 138 valence electrons. The maximum Gasteiger partial charge on any atom is 0.341 e. The Bertz CT molecular complexity index is 846. The molecule has 26 heavy (non-hydrogen) atoms. The molecule has 2 fully saturated rings. The Morgan fingerprint density at radius 3 is 2.69 bits per heavy atom. The molecule has 2 N–H and O–H groups in total. The average molecular weight is 359 g/mol. The van der Waals surface area contributed by atoms with Gasteiger partial charge < -0.3 is 24.3 Å². The van der Waals surface area contributed by atoms with Gasteiger partial charge in [0.15, 0.2) is 5.75 Å². The second-order valence-corrected chi connectivity index (χ2v) is 7.21. The number of rotatable bonds is 4. The highest BCUT2D eigenvalue weighted by molar-refractivity contribution is 5.87. The molecule has 1 saturated carbocycles. The minimum Gasteiger partial charge on any atom is -0.503 e. The van der Waals surface area contributed by atoms with Gasteiger partial charge in [-0.2, -0.15) is 0 Å². The number of carbonyl (C=O) groups is 1. The molecular formula is C19H21NO6. The smallest absolute Gasteiger partial charge is 0.341 e. The number of aromatic hydroxyl groups is 1. The molecule has 7 heteroatoms. The molecule has 0 amide bonds. The fourth-order valence-corrected chi connectivity index (χ4v) is 4.28. The minimum absolute atomic E-state index is 0.0488. The average Bonchev–Trinajstić information content (AvgIpc) is 3.26. The molecular weight excluding hydrogens is 338 g/mol. The van der Waals surface area contributed by atoms with E-state index in [2.05, 4.69) is 12.2 Å². The summed E-state index contributed by atoms with van der Waals surface area (Å²) in [7, 11) is 0. The van der Waals surface area contributed by atoms with Crippen molar-refractivity contribution in [1.29, 1.82) is 0 Å². The fourth-order valence-electron chi connectivity index (χ4n) is 4.28. The summed E-state index contributed by atoms with van der Waals surface area (Å²) in [6.45, 7) is 0.779. The zero-order valence-electron chi connectivity index (χ0n) is 14.3. The van der Waals surface area contributed by atoms with Crippen LogP contribution in [0.25, 0.3) is 0 Å². The van der Waals surface area contributed by atoms with Gasteiger partial charge in [0.25, 0.3) is 0 Å². The zero-order valence-corrected chi connectivity index (χ0v) is 14.3. The number of allylic oxidation sites excluding steroid dienone is 2. The summed E-state index contributed by atoms with van der Waals surface area (Å²) in [5, 5.41) is 19.1. The van der Waals surface area contributed by atoms with Gasteiger partial charge >= 0.3 is 5.97 Å². The molecule has 2 heterocycles. The van der Waals surface area contributed by atoms with E-state index < -0.39 is 22.7 Å². The van der Waals surface area contributed by atoms with Crippen LogP contribution in [-0.2, 0) is 16.0 Å². The van der Waals surface area contributed by atoms with Crippen LogP contribution < -0.4 is 5.43 Å². The maximum atomic E-state index is 11.8. The third-order valence-corrected chi connectivity index (χ3v) is 5.60. The summed E-state index contributed by atoms with van der Waals surface area (Å²) >= 11 is 0. The van der Waals surface area contributed by atoms with Crippen LogP contribution in [0.4, 0.5) is 0 Å². The van der Waals surface area contributed by atoms with Crippen molar-refractivity contribution in [1.82, 2.24) is 4.57 Å². The molecule has 3 aliphatic rings. The van der Waals surface area contributed by atoms with Crippen molar-refractivity contribution < 1.29 is 24.5 Å². The molecule has 0 radical (unpaired) electrons. The highest BCUT2D eigenvalue weighted by atomic mass is 16.7. The first-order valence-electron chi connectivity index (χ1n) is 8.79. The number of carboxylic acid groups (broad SMARTS) is 1. The van der Waals surface area contributed by atoms with E-state index in [-0.39, 0.29) is 24.4 Å². The van der Waals surface area contributed by atoms with Gasteiger partial charge in [-0.3, -0.25) is 4.79 Å². The van der Waals surface area contributed by atoms with E-state index in [1.54, 1.807) is 4.57 Å². The third kappa shape index (κ3) is 2.87. The van der Waals surface area contributed by atoms with E-state index in [4.69, 9.17) is 9.47 Å². The summed E-state index contributed by atoms with van der Waals surface area (Å²) in [6.07, 6.45) is 12.7. The second-order valence-electron chi connectivity index (χ2n) is 7.21. The van der Waals surface area contributed by atoms with Gasteiger partial charge in [-0.15, -0.1) is 0 Å². The number of aromatic nitrogens is 1. The predicted molar refractivity (Wildman–Crippen MR) is 92.1 cm³/mol. The molecule has 0 bridgehead atoms. The van der Waals surface area contributed by atoms with Crippen molar-refractivity contribution >= 4 is 5.97 Å². The van der Waals surface area contributed by atoms with Crippen molar-refractivity contribution in [2.45, 2.75) is 44.4 Å². The van der Waals surface area contributed by atoms with Crippen molar-refractivity contribution in [3.05, 3.63) is 52.0 Å². The van der Waals surface area contributed by atoms with Crippen LogP contribution in [0, 0.1) is 5.41 Å². The van der Waals surface area contributed by atoms with E-state index in [9.17, 15) is 19.8 Å². The largest absolute Gasteiger partial charge is 0.503 e. The van der Waals surface area contributed by atoms with E-state index in [0.29, 0.717) is 6.54 Å². The number of hydrogen-bond acceptors (Lipinski definition) is 5. The molecule has 1 aromatic rings. The first-order valence-corrected chi connectivity index (χ1v) is 8.79. The lowest BCUT2D eigenvalue weighted by atomic mass is 9.75. The van der Waals surface area contributed by atoms with Gasteiger partial charge in [0.1, 0.15) is 24.6 Å². The lowest BCUT2D eigenvalue weighted by Gasteiger charge is -2.34. The Hall–Kier alpha value is -2.38. The van der Waals surface area contributed by atoms with Gasteiger partial charge in [-0.1, -0.05) is 25.0 Å². The highest BCUT2D eigenvalue weighted by Gasteiger charge is 2.40. The number of ether oxygens (including phenoxy) is 2. The van der Waals surface area contributed by atoms with Gasteiger partial charge in [-0.05, 0) is 24.5 Å². The number of hydrogen-bond donors (Lipinski definition) is 2. The number of carboxylic acids is 1. The van der Waals surface area contributed by atoms with Crippen molar-refractivity contribution in [3.63, 3.8) is 0 Å². The predicted octanol–water partition coefficient (Wildman–Crippen LogP) is 2.05. The Morgan fingerprint density at radius 2 is 1.96 bits per heavy atom. The van der Waals surface area contributed by atoms with Gasteiger partial charge in [0, 0.05) is 24.4 Å². The zero-order chi connectivity index (χ0) is 18.3. The van der Waals surface area contributed by atoms with E-state index in [0.717, 1.165) is 31.3 Å². The number of nitrogens with zero attached hydrogens (tertiary/aromatic N) is 1. The SMILES string of the molecule is O=C(O)c1cn(CC2(C3=CC4OCOC4C=C3)CCCC2)cc(O)c1=O. The molecule has 2 atom stereocenters. The van der Waals surface area contributed by atoms with Crippen LogP contribution in [0.2, 0.25) is 0 Å². The molecule has 1 aromatic heterocycles. The van der Waals surface area contributed by atoms with Crippen molar-refractivity contribution in [2.75, 3.05) is 6.79 Å². The fraction of sp³-hybridized carbons (Fsp3) is 0.474. The Morgan fingerprint density at radius 1 is 1.23 bits per heavy atom. The topological polar surface area (TPSA) is 98.0 Å². The molecule has 1 aliphatic heterocycles. The molecule has 7 nitrogen and oxygen atoms in total. The number of aromatic carboxylic acids is 1. The monoisotopic (exact) mass is 359 g/mol. The second kappa shape index (κ2) is 6.41. The standard InChI is InChI=1S/C19H21NO6/c21-14-9-20(8-13(17(14)22)18(23)24)10-19(5-1-2-6-19)12-3-4-15-16(7-12)26-11-25-15/h3-4,7-9,15-16,21H,1-2,5-6,10-11H2,(H,23,24). The quantitative estimate of drug-likeness (QED) is 0.854. The van der Waals surface area contributed by atoms with Crippen LogP contribution in [0.1, 0.15) is 36.0 Å². The third-order valence-electron chi connectivity index (χ3n) is 5.60. The van der Waals surface area contributed by atoms with Crippen LogP contribution in [0.5, 0.6) is 5.75 Å². The van der Waals surface area contributed by atoms with Gasteiger partial charge in [-0.25, -0.2) is 4.79 Å². The van der Waals surface area contributed by atoms with Gasteiger partial charge in [0.2, 0.25) is 5.43 Å². The van der Waals surface area contributed by atoms with Crippen molar-refractivity contribution in [2.24, 2.45) is 5.41 Å². The molecule has 2 aliphatic carbocycles.